The van der Waals surface area contributed by atoms with Crippen LogP contribution in [0.3, 0.4) is 0 Å². The van der Waals surface area contributed by atoms with E-state index in [0.717, 1.165) is 5.69 Å². The van der Waals surface area contributed by atoms with Crippen molar-refractivity contribution in [1.29, 1.82) is 0 Å². The van der Waals surface area contributed by atoms with Gasteiger partial charge in [0.1, 0.15) is 0 Å². The summed E-state index contributed by atoms with van der Waals surface area (Å²) in [6.45, 7) is 0. The van der Waals surface area contributed by atoms with Crippen LogP contribution in [0.15, 0.2) is 35.8 Å². The number of aryl methyl sites for hydroxylation is 1. The van der Waals surface area contributed by atoms with Crippen LogP contribution in [0.5, 0.6) is 0 Å². The molecule has 2 heterocycles. The minimum Gasteiger partial charge on any atom is -0.481 e. The molecule has 0 aliphatic rings. The lowest BCUT2D eigenvalue weighted by atomic mass is 10.2. The fourth-order valence-electron chi connectivity index (χ4n) is 1.87. The van der Waals surface area contributed by atoms with Gasteiger partial charge in [0.25, 0.3) is 0 Å². The van der Waals surface area contributed by atoms with Gasteiger partial charge in [-0.3, -0.25) is 4.79 Å². The molecule has 0 spiro atoms. The van der Waals surface area contributed by atoms with Crippen molar-refractivity contribution >= 4 is 27.4 Å². The lowest BCUT2D eigenvalue weighted by Crippen LogP contribution is -1.97. The number of hydrogen-bond acceptors (Lipinski definition) is 4. The van der Waals surface area contributed by atoms with E-state index in [2.05, 4.69) is 16.4 Å². The number of thiophene rings is 1. The van der Waals surface area contributed by atoms with E-state index in [4.69, 9.17) is 5.11 Å². The smallest absolute Gasteiger partial charge is 0.303 e. The lowest BCUT2D eigenvalue weighted by molar-refractivity contribution is -0.136. The highest BCUT2D eigenvalue weighted by molar-refractivity contribution is 7.17. The Kier molecular flexibility index (Phi) is 3.00. The van der Waals surface area contributed by atoms with Crippen LogP contribution in [0.4, 0.5) is 0 Å². The maximum absolute atomic E-state index is 10.5. The zero-order valence-electron chi connectivity index (χ0n) is 9.98. The molecule has 5 nitrogen and oxygen atoms in total. The maximum atomic E-state index is 10.5. The third-order valence-corrected chi connectivity index (χ3v) is 3.73. The summed E-state index contributed by atoms with van der Waals surface area (Å²) in [6, 6.07) is 8.13. The first kappa shape index (κ1) is 11.9. The Balaban J connectivity index is 1.86. The molecule has 6 heteroatoms. The molecular formula is C13H11N3O2S. The van der Waals surface area contributed by atoms with Gasteiger partial charge in [-0.25, -0.2) is 4.68 Å². The molecule has 0 aliphatic heterocycles. The molecule has 0 aliphatic carbocycles. The van der Waals surface area contributed by atoms with Gasteiger partial charge in [0.2, 0.25) is 0 Å². The van der Waals surface area contributed by atoms with Gasteiger partial charge in [-0.1, -0.05) is 5.21 Å². The summed E-state index contributed by atoms with van der Waals surface area (Å²) in [5.74, 6) is -0.825. The molecule has 0 radical (unpaired) electrons. The third-order valence-electron chi connectivity index (χ3n) is 2.84. The Hall–Kier alpha value is -2.21. The normalized spacial score (nSPS) is 10.9. The summed E-state index contributed by atoms with van der Waals surface area (Å²) in [7, 11) is 0. The molecule has 19 heavy (non-hydrogen) atoms. The fourth-order valence-corrected chi connectivity index (χ4v) is 2.64. The average Bonchev–Trinajstić information content (AvgIpc) is 3.04. The molecule has 0 saturated heterocycles. The number of aromatic nitrogens is 3. The quantitative estimate of drug-likeness (QED) is 0.793. The molecule has 0 unspecified atom stereocenters. The van der Waals surface area contributed by atoms with Gasteiger partial charge in [-0.05, 0) is 35.0 Å². The van der Waals surface area contributed by atoms with Gasteiger partial charge in [-0.2, -0.15) is 0 Å². The highest BCUT2D eigenvalue weighted by atomic mass is 32.1. The lowest BCUT2D eigenvalue weighted by Gasteiger charge is -1.99. The second-order valence-corrected chi connectivity index (χ2v) is 5.14. The first-order chi connectivity index (χ1) is 9.22. The molecule has 2 aromatic heterocycles. The molecule has 0 saturated carbocycles. The van der Waals surface area contributed by atoms with Crippen LogP contribution >= 0.6 is 11.3 Å². The summed E-state index contributed by atoms with van der Waals surface area (Å²) in [4.78, 5) is 10.5. The third kappa shape index (κ3) is 2.48. The fraction of sp³-hybridized carbons (Fsp3) is 0.154. The van der Waals surface area contributed by atoms with Crippen LogP contribution in [0, 0.1) is 0 Å². The summed E-state index contributed by atoms with van der Waals surface area (Å²) < 4.78 is 2.91. The van der Waals surface area contributed by atoms with Crippen LogP contribution in [-0.4, -0.2) is 26.1 Å². The zero-order valence-corrected chi connectivity index (χ0v) is 10.8. The van der Waals surface area contributed by atoms with Crippen molar-refractivity contribution in [3.8, 4) is 5.69 Å². The van der Waals surface area contributed by atoms with Gasteiger partial charge < -0.3 is 5.11 Å². The van der Waals surface area contributed by atoms with E-state index in [0.29, 0.717) is 12.1 Å². The number of hydrogen-bond donors (Lipinski definition) is 1. The van der Waals surface area contributed by atoms with Crippen molar-refractivity contribution in [1.82, 2.24) is 15.0 Å². The predicted molar refractivity (Wildman–Crippen MR) is 72.7 cm³/mol. The van der Waals surface area contributed by atoms with E-state index in [1.807, 2.05) is 23.6 Å². The van der Waals surface area contributed by atoms with Crippen LogP contribution in [0.1, 0.15) is 12.1 Å². The second kappa shape index (κ2) is 4.81. The molecule has 0 atom stereocenters. The number of aliphatic carboxylic acids is 1. The van der Waals surface area contributed by atoms with Crippen LogP contribution < -0.4 is 0 Å². The number of nitrogens with zero attached hydrogens (tertiary/aromatic N) is 3. The van der Waals surface area contributed by atoms with Crippen molar-refractivity contribution in [2.24, 2.45) is 0 Å². The predicted octanol–water partition coefficient (Wildman–Crippen LogP) is 2.50. The molecule has 96 valence electrons. The summed E-state index contributed by atoms with van der Waals surface area (Å²) in [5, 5.41) is 19.9. The number of rotatable bonds is 4. The highest BCUT2D eigenvalue weighted by Crippen LogP contribution is 2.23. The van der Waals surface area contributed by atoms with Crippen molar-refractivity contribution in [3.05, 3.63) is 41.5 Å². The Labute approximate surface area is 113 Å². The first-order valence-corrected chi connectivity index (χ1v) is 6.71. The van der Waals surface area contributed by atoms with Crippen molar-refractivity contribution < 1.29 is 9.90 Å². The molecule has 0 amide bonds. The van der Waals surface area contributed by atoms with E-state index >= 15 is 0 Å². The Morgan fingerprint density at radius 1 is 1.37 bits per heavy atom. The van der Waals surface area contributed by atoms with Crippen molar-refractivity contribution in [3.63, 3.8) is 0 Å². The minimum atomic E-state index is -0.825. The number of benzene rings is 1. The van der Waals surface area contributed by atoms with E-state index in [9.17, 15) is 4.79 Å². The van der Waals surface area contributed by atoms with E-state index in [1.165, 1.54) is 10.1 Å². The summed E-state index contributed by atoms with van der Waals surface area (Å²) in [5.41, 5.74) is 1.62. The van der Waals surface area contributed by atoms with Gasteiger partial charge >= 0.3 is 5.97 Å². The number of carboxylic acids is 1. The van der Waals surface area contributed by atoms with Crippen LogP contribution in [0.2, 0.25) is 0 Å². The van der Waals surface area contributed by atoms with E-state index < -0.39 is 5.97 Å². The minimum absolute atomic E-state index is 0.0717. The SMILES string of the molecule is O=C(O)CCc1cn(-c2ccc3sccc3c2)nn1. The van der Waals surface area contributed by atoms with Gasteiger partial charge in [-0.15, -0.1) is 16.4 Å². The van der Waals surface area contributed by atoms with Crippen LogP contribution in [0.25, 0.3) is 15.8 Å². The molecule has 1 aromatic carbocycles. The Bertz CT molecular complexity index is 732. The van der Waals surface area contributed by atoms with E-state index in [-0.39, 0.29) is 6.42 Å². The molecule has 0 bridgehead atoms. The zero-order chi connectivity index (χ0) is 13.2. The standard InChI is InChI=1S/C13H11N3O2S/c17-13(18)4-1-10-8-16(15-14-10)11-2-3-12-9(7-11)5-6-19-12/h2-3,5-8H,1,4H2,(H,17,18). The van der Waals surface area contributed by atoms with E-state index in [1.54, 1.807) is 22.2 Å². The Morgan fingerprint density at radius 2 is 2.26 bits per heavy atom. The average molecular weight is 273 g/mol. The molecule has 1 N–H and O–H groups in total. The summed E-state index contributed by atoms with van der Waals surface area (Å²) in [6.07, 6.45) is 2.24. The maximum Gasteiger partial charge on any atom is 0.303 e. The monoisotopic (exact) mass is 273 g/mol. The number of fused-ring (bicyclic) bond motifs is 1. The number of carboxylic acid groups (broad SMARTS) is 1. The number of carbonyl (C=O) groups is 1. The molecule has 3 rings (SSSR count). The first-order valence-electron chi connectivity index (χ1n) is 5.83. The van der Waals surface area contributed by atoms with Gasteiger partial charge in [0.05, 0.1) is 24.0 Å². The van der Waals surface area contributed by atoms with Crippen molar-refractivity contribution in [2.45, 2.75) is 12.8 Å². The molecule has 3 aromatic rings. The van der Waals surface area contributed by atoms with Crippen molar-refractivity contribution in [2.75, 3.05) is 0 Å². The highest BCUT2D eigenvalue weighted by Gasteiger charge is 2.06. The Morgan fingerprint density at radius 3 is 3.11 bits per heavy atom. The van der Waals surface area contributed by atoms with Gasteiger partial charge in [0.15, 0.2) is 0 Å². The van der Waals surface area contributed by atoms with Gasteiger partial charge in [0, 0.05) is 11.1 Å². The van der Waals surface area contributed by atoms with Crippen LogP contribution in [-0.2, 0) is 11.2 Å². The largest absolute Gasteiger partial charge is 0.481 e. The molecular weight excluding hydrogens is 262 g/mol. The second-order valence-electron chi connectivity index (χ2n) is 4.19. The molecule has 0 fully saturated rings. The topological polar surface area (TPSA) is 68.0 Å². The summed E-state index contributed by atoms with van der Waals surface area (Å²) >= 11 is 1.70.